The van der Waals surface area contributed by atoms with Crippen molar-refractivity contribution in [3.8, 4) is 0 Å². The lowest BCUT2D eigenvalue weighted by Crippen LogP contribution is -2.34. The maximum absolute atomic E-state index is 4.30. The summed E-state index contributed by atoms with van der Waals surface area (Å²) in [5.41, 5.74) is 1.11. The van der Waals surface area contributed by atoms with Gasteiger partial charge in [0.1, 0.15) is 10.7 Å². The number of aromatic nitrogens is 2. The fraction of sp³-hybridized carbons (Fsp3) is 0.867. The molecule has 0 radical (unpaired) electrons. The van der Waals surface area contributed by atoms with E-state index >= 15 is 0 Å². The summed E-state index contributed by atoms with van der Waals surface area (Å²) in [7, 11) is 2.24. The third-order valence-electron chi connectivity index (χ3n) is 4.51. The molecule has 5 heteroatoms. The molecule has 2 rings (SSSR count). The normalized spacial score (nSPS) is 23.2. The van der Waals surface area contributed by atoms with Crippen molar-refractivity contribution < 1.29 is 0 Å². The molecule has 1 heterocycles. The smallest absolute Gasteiger partial charge is 0.134 e. The minimum Gasteiger partial charge on any atom is -0.374 e. The lowest BCUT2D eigenvalue weighted by atomic mass is 9.84. The highest BCUT2D eigenvalue weighted by atomic mass is 32.1. The van der Waals surface area contributed by atoms with Gasteiger partial charge in [0.05, 0.1) is 0 Å². The summed E-state index contributed by atoms with van der Waals surface area (Å²) in [4.78, 5) is 2.47. The quantitative estimate of drug-likeness (QED) is 0.832. The Balaban J connectivity index is 1.85. The minimum atomic E-state index is 0.721. The van der Waals surface area contributed by atoms with Crippen LogP contribution < -0.4 is 5.32 Å². The van der Waals surface area contributed by atoms with E-state index in [2.05, 4.69) is 40.7 Å². The number of nitrogens with zero attached hydrogens (tertiary/aromatic N) is 3. The summed E-state index contributed by atoms with van der Waals surface area (Å²) in [6, 6.07) is 0.721. The first kappa shape index (κ1) is 15.7. The van der Waals surface area contributed by atoms with Crippen molar-refractivity contribution in [3.05, 3.63) is 5.69 Å². The van der Waals surface area contributed by atoms with Gasteiger partial charge in [-0.15, -0.1) is 5.10 Å². The Morgan fingerprint density at radius 1 is 1.25 bits per heavy atom. The fourth-order valence-electron chi connectivity index (χ4n) is 3.04. The van der Waals surface area contributed by atoms with Crippen molar-refractivity contribution in [1.82, 2.24) is 14.5 Å². The third-order valence-corrected chi connectivity index (χ3v) is 5.23. The average Bonchev–Trinajstić information content (AvgIpc) is 2.92. The van der Waals surface area contributed by atoms with Crippen LogP contribution in [0.25, 0.3) is 0 Å². The Bertz CT molecular complexity index is 385. The van der Waals surface area contributed by atoms with Crippen LogP contribution in [0.3, 0.4) is 0 Å². The lowest BCUT2D eigenvalue weighted by molar-refractivity contribution is 0.156. The number of hydrogen-bond acceptors (Lipinski definition) is 5. The number of hydrogen-bond donors (Lipinski definition) is 1. The Kier molecular flexibility index (Phi) is 6.23. The maximum atomic E-state index is 4.30. The first-order valence-corrected chi connectivity index (χ1v) is 8.77. The molecule has 0 aromatic carbocycles. The van der Waals surface area contributed by atoms with E-state index in [1.54, 1.807) is 0 Å². The van der Waals surface area contributed by atoms with E-state index in [9.17, 15) is 0 Å². The van der Waals surface area contributed by atoms with Gasteiger partial charge in [-0.3, -0.25) is 4.90 Å². The van der Waals surface area contributed by atoms with Gasteiger partial charge in [0.15, 0.2) is 0 Å². The standard InChI is InChI=1S/C15H28N4S/c1-4-10-16-15-14(17-18-20-15)11-19(3)13-8-6-12(5-2)7-9-13/h12-13,16H,4-11H2,1-3H3. The van der Waals surface area contributed by atoms with Crippen LogP contribution in [0.1, 0.15) is 58.1 Å². The van der Waals surface area contributed by atoms with Crippen LogP contribution in [0.2, 0.25) is 0 Å². The van der Waals surface area contributed by atoms with Crippen LogP contribution in [-0.2, 0) is 6.54 Å². The Morgan fingerprint density at radius 2 is 2.00 bits per heavy atom. The van der Waals surface area contributed by atoms with Crippen LogP contribution >= 0.6 is 11.5 Å². The summed E-state index contributed by atoms with van der Waals surface area (Å²) < 4.78 is 4.10. The molecule has 1 aliphatic carbocycles. The lowest BCUT2D eigenvalue weighted by Gasteiger charge is -2.34. The fourth-order valence-corrected chi connectivity index (χ4v) is 3.64. The number of anilines is 1. The van der Waals surface area contributed by atoms with Crippen LogP contribution in [0, 0.1) is 5.92 Å². The van der Waals surface area contributed by atoms with Crippen molar-refractivity contribution in [2.75, 3.05) is 18.9 Å². The molecular weight excluding hydrogens is 268 g/mol. The highest BCUT2D eigenvalue weighted by Gasteiger charge is 2.24. The molecule has 1 N–H and O–H groups in total. The molecule has 0 aliphatic heterocycles. The summed E-state index contributed by atoms with van der Waals surface area (Å²) in [6.45, 7) is 6.42. The zero-order chi connectivity index (χ0) is 14.4. The number of nitrogens with one attached hydrogen (secondary N) is 1. The van der Waals surface area contributed by atoms with Gasteiger partial charge in [0.2, 0.25) is 0 Å². The van der Waals surface area contributed by atoms with Gasteiger partial charge in [-0.2, -0.15) is 0 Å². The zero-order valence-corrected chi connectivity index (χ0v) is 13.9. The van der Waals surface area contributed by atoms with Gasteiger partial charge in [0, 0.05) is 30.7 Å². The molecule has 0 spiro atoms. The van der Waals surface area contributed by atoms with E-state index < -0.39 is 0 Å². The topological polar surface area (TPSA) is 41.1 Å². The third kappa shape index (κ3) is 4.16. The molecule has 114 valence electrons. The van der Waals surface area contributed by atoms with Gasteiger partial charge in [-0.1, -0.05) is 24.8 Å². The van der Waals surface area contributed by atoms with E-state index in [-0.39, 0.29) is 0 Å². The largest absolute Gasteiger partial charge is 0.374 e. The van der Waals surface area contributed by atoms with Crippen molar-refractivity contribution in [1.29, 1.82) is 0 Å². The number of rotatable bonds is 7. The molecule has 1 aliphatic rings. The van der Waals surface area contributed by atoms with E-state index in [4.69, 9.17) is 0 Å². The summed E-state index contributed by atoms with van der Waals surface area (Å²) >= 11 is 1.48. The molecule has 1 fully saturated rings. The predicted octanol–water partition coefficient (Wildman–Crippen LogP) is 3.76. The molecule has 0 saturated heterocycles. The van der Waals surface area contributed by atoms with Gasteiger partial charge < -0.3 is 5.32 Å². The second-order valence-electron chi connectivity index (χ2n) is 5.97. The SMILES string of the molecule is CCCNc1snnc1CN(C)C1CCC(CC)CC1. The Labute approximate surface area is 127 Å². The van der Waals surface area contributed by atoms with E-state index in [1.165, 1.54) is 43.6 Å². The van der Waals surface area contributed by atoms with E-state index in [1.807, 2.05) is 0 Å². The molecular formula is C15H28N4S. The second-order valence-corrected chi connectivity index (χ2v) is 6.73. The van der Waals surface area contributed by atoms with Gasteiger partial charge >= 0.3 is 0 Å². The summed E-state index contributed by atoms with van der Waals surface area (Å²) in [6.07, 6.45) is 7.93. The summed E-state index contributed by atoms with van der Waals surface area (Å²) in [5.74, 6) is 0.961. The molecule has 4 nitrogen and oxygen atoms in total. The molecule has 0 atom stereocenters. The zero-order valence-electron chi connectivity index (χ0n) is 13.1. The highest BCUT2D eigenvalue weighted by molar-refractivity contribution is 7.10. The average molecular weight is 296 g/mol. The molecule has 1 aromatic rings. The van der Waals surface area contributed by atoms with Crippen LogP contribution in [0.4, 0.5) is 5.00 Å². The first-order chi connectivity index (χ1) is 9.74. The molecule has 20 heavy (non-hydrogen) atoms. The van der Waals surface area contributed by atoms with Crippen molar-refractivity contribution in [2.45, 2.75) is 65.0 Å². The highest BCUT2D eigenvalue weighted by Crippen LogP contribution is 2.30. The van der Waals surface area contributed by atoms with Crippen LogP contribution in [0.5, 0.6) is 0 Å². The van der Waals surface area contributed by atoms with Crippen LogP contribution in [0.15, 0.2) is 0 Å². The monoisotopic (exact) mass is 296 g/mol. The molecule has 0 bridgehead atoms. The van der Waals surface area contributed by atoms with E-state index in [0.717, 1.165) is 42.2 Å². The van der Waals surface area contributed by atoms with E-state index in [0.29, 0.717) is 0 Å². The first-order valence-electron chi connectivity index (χ1n) is 7.99. The van der Waals surface area contributed by atoms with Crippen molar-refractivity contribution in [2.24, 2.45) is 5.92 Å². The Hall–Kier alpha value is -0.680. The predicted molar refractivity (Wildman–Crippen MR) is 86.2 cm³/mol. The second kappa shape index (κ2) is 7.93. The van der Waals surface area contributed by atoms with Gasteiger partial charge in [-0.05, 0) is 45.1 Å². The minimum absolute atomic E-state index is 0.721. The molecule has 0 unspecified atom stereocenters. The maximum Gasteiger partial charge on any atom is 0.134 e. The molecule has 0 amide bonds. The Morgan fingerprint density at radius 3 is 2.65 bits per heavy atom. The van der Waals surface area contributed by atoms with Crippen LogP contribution in [-0.4, -0.2) is 34.1 Å². The van der Waals surface area contributed by atoms with Crippen molar-refractivity contribution in [3.63, 3.8) is 0 Å². The van der Waals surface area contributed by atoms with Crippen molar-refractivity contribution >= 4 is 16.5 Å². The molecule has 1 aromatic heterocycles. The van der Waals surface area contributed by atoms with Gasteiger partial charge in [0.25, 0.3) is 0 Å². The summed E-state index contributed by atoms with van der Waals surface area (Å²) in [5, 5.41) is 8.89. The van der Waals surface area contributed by atoms with Gasteiger partial charge in [-0.25, -0.2) is 0 Å². The molecule has 1 saturated carbocycles.